The normalized spacial score (nSPS) is 35.7. The molecule has 0 saturated carbocycles. The molecule has 4 fully saturated rings. The molecule has 8 N–H and O–H groups in total. The molecule has 472 valence electrons. The Kier molecular flexibility index (Phi) is 25.9. The zero-order valence-electron chi connectivity index (χ0n) is 49.0. The van der Waals surface area contributed by atoms with Gasteiger partial charge in [0.25, 0.3) is 0 Å². The zero-order valence-corrected chi connectivity index (χ0v) is 54.4. The number of hydroxylamine groups is 1. The second kappa shape index (κ2) is 31.7. The quantitative estimate of drug-likeness (QED) is 0.0270. The van der Waals surface area contributed by atoms with Crippen molar-refractivity contribution in [1.29, 1.82) is 0 Å². The van der Waals surface area contributed by atoms with Gasteiger partial charge in [-0.15, -0.1) is 0 Å². The van der Waals surface area contributed by atoms with Crippen LogP contribution in [0.15, 0.2) is 35.1 Å². The van der Waals surface area contributed by atoms with Crippen molar-refractivity contribution in [3.63, 3.8) is 0 Å². The second-order valence-electron chi connectivity index (χ2n) is 20.8. The van der Waals surface area contributed by atoms with Crippen LogP contribution >= 0.6 is 65.8 Å². The molecule has 7 rings (SSSR count). The number of Topliss-reactive ketones (excluding diaryl/α,β-unsaturated/α-hetero) is 1. The van der Waals surface area contributed by atoms with Gasteiger partial charge in [-0.05, 0) is 84.1 Å². The molecule has 4 heterocycles. The number of allylic oxidation sites excluding steroid dienone is 3. The van der Waals surface area contributed by atoms with E-state index in [1.165, 1.54) is 64.9 Å². The van der Waals surface area contributed by atoms with Gasteiger partial charge in [0.2, 0.25) is 17.2 Å². The molecular formula is C56H76IN3O21S4. The predicted molar refractivity (Wildman–Crippen MR) is 324 cm³/mol. The summed E-state index contributed by atoms with van der Waals surface area (Å²) in [6, 6.07) is -1.19. The van der Waals surface area contributed by atoms with Crippen LogP contribution in [0.3, 0.4) is 0 Å². The Morgan fingerprint density at radius 1 is 0.882 bits per heavy atom. The molecule has 2 bridgehead atoms. The van der Waals surface area contributed by atoms with E-state index in [0.717, 1.165) is 18.9 Å². The molecule has 19 atom stereocenters. The van der Waals surface area contributed by atoms with Crippen molar-refractivity contribution in [3.8, 4) is 40.9 Å². The molecule has 1 amide bonds. The SMILES string of the molecule is COC(=O)NC1=C2/C(=C\CSSSC)[C@](O)(C#C/C=C/C#C[C@@H]2O[C@@H]2O[C@H](C)[C@@H](NO[C@H]3C[C@H](O)[C@H](SC(=O)c4c(C)c(I)c(O[C@@H]5O[C@@H](C)[C@H](O)[C@@H](OC)[C@H]5O)c(OC)c4OC)[C@@H](C)O3)[C@H](O)[C@H]2O[C@H]2C[C@H](OC)[C@@H](NC(C)C)CO2)CC1=O. The predicted octanol–water partition coefficient (Wildman–Crippen LogP) is 3.59. The average Bonchev–Trinajstić information content (AvgIpc) is 1.96. The van der Waals surface area contributed by atoms with Gasteiger partial charge in [0.1, 0.15) is 36.6 Å². The lowest BCUT2D eigenvalue weighted by Crippen LogP contribution is -2.65. The van der Waals surface area contributed by atoms with Gasteiger partial charge in [0, 0.05) is 50.0 Å². The van der Waals surface area contributed by atoms with Crippen LogP contribution in [0.5, 0.6) is 17.2 Å². The molecule has 29 heteroatoms. The fourth-order valence-corrected chi connectivity index (χ4v) is 14.8. The smallest absolute Gasteiger partial charge is 0.411 e. The number of hydrogen-bond acceptors (Lipinski definition) is 27. The number of ketones is 1. The minimum atomic E-state index is -2.06. The van der Waals surface area contributed by atoms with Gasteiger partial charge in [-0.3, -0.25) is 19.7 Å². The Balaban J connectivity index is 1.12. The summed E-state index contributed by atoms with van der Waals surface area (Å²) in [7, 11) is 11.3. The minimum absolute atomic E-state index is 0.0163. The van der Waals surface area contributed by atoms with Crippen molar-refractivity contribution in [3.05, 3.63) is 49.8 Å². The van der Waals surface area contributed by atoms with E-state index < -0.39 is 127 Å². The number of carbonyl (C=O) groups is 3. The fraction of sp³-hybridized carbons (Fsp3) is 0.661. The number of benzene rings is 1. The number of aliphatic hydroxyl groups is 5. The summed E-state index contributed by atoms with van der Waals surface area (Å²) in [6.07, 6.45) is -11.9. The number of alkyl carbamates (subject to hydrolysis) is 1. The van der Waals surface area contributed by atoms with Crippen LogP contribution in [0.2, 0.25) is 0 Å². The highest BCUT2D eigenvalue weighted by Crippen LogP contribution is 2.49. The van der Waals surface area contributed by atoms with Crippen LogP contribution in [0.4, 0.5) is 4.79 Å². The molecule has 85 heavy (non-hydrogen) atoms. The summed E-state index contributed by atoms with van der Waals surface area (Å²) in [6.45, 7) is 10.8. The summed E-state index contributed by atoms with van der Waals surface area (Å²) >= 11 is 2.83. The number of rotatable bonds is 22. The lowest BCUT2D eigenvalue weighted by atomic mass is 9.75. The maximum absolute atomic E-state index is 14.4. The van der Waals surface area contributed by atoms with Gasteiger partial charge in [-0.1, -0.05) is 77.0 Å². The molecule has 4 saturated heterocycles. The lowest BCUT2D eigenvalue weighted by molar-refractivity contribution is -0.336. The van der Waals surface area contributed by atoms with E-state index in [0.29, 0.717) is 14.9 Å². The van der Waals surface area contributed by atoms with Crippen molar-refractivity contribution in [2.45, 2.75) is 182 Å². The third kappa shape index (κ3) is 16.3. The summed E-state index contributed by atoms with van der Waals surface area (Å²) < 4.78 is 72.7. The van der Waals surface area contributed by atoms with Gasteiger partial charge in [-0.25, -0.2) is 4.79 Å². The van der Waals surface area contributed by atoms with Crippen molar-refractivity contribution in [1.82, 2.24) is 16.1 Å². The number of carbonyl (C=O) groups excluding carboxylic acids is 3. The number of methoxy groups -OCH3 is 5. The number of fused-ring (bicyclic) bond motifs is 2. The molecule has 0 radical (unpaired) electrons. The number of aliphatic hydroxyl groups excluding tert-OH is 4. The Labute approximate surface area is 524 Å². The number of ether oxygens (including phenoxy) is 12. The first-order valence-electron chi connectivity index (χ1n) is 27.3. The third-order valence-corrected chi connectivity index (χ3v) is 21.3. The lowest BCUT2D eigenvalue weighted by Gasteiger charge is -2.47. The molecule has 0 aromatic heterocycles. The Hall–Kier alpha value is -2.94. The number of thioether (sulfide) groups is 1. The standard InChI is InChI=1S/C56H76IN3O21S4/c1-25(2)58-31-24-74-36(22-35(31)69-7)79-49-44(64)41(27(4)76-54(49)78-34-17-15-13-14-16-19-56(68)23-33(62)42(59-55(67)73-11)39(34)30(56)18-20-83-85-82-12)60-81-37-21-32(61)51(29(6)75-37)84-52(66)38-26(3)40(57)47(50(72-10)46(38)70-8)80-53-45(65)48(71-9)43(63)28(5)77-53/h13-14,18,25,27-29,31-32,34-37,41,43-45,48-49,51,53-54,58,60-61,63-65,68H,20-24H2,1-12H3,(H,59,67)/b14-13+,30-18+/t27-,28+,29-,31+,32+,34+,35+,36+,37+,41-,43+,44+,45-,48-,49-,51-,53+,54+,56+/m1/s1. The monoisotopic (exact) mass is 1380 g/mol. The van der Waals surface area contributed by atoms with Crippen molar-refractivity contribution in [2.75, 3.05) is 54.2 Å². The van der Waals surface area contributed by atoms with Crippen molar-refractivity contribution < 1.29 is 102 Å². The van der Waals surface area contributed by atoms with Crippen LogP contribution < -0.4 is 30.3 Å². The van der Waals surface area contributed by atoms with Crippen molar-refractivity contribution >= 4 is 82.8 Å². The maximum atomic E-state index is 14.4. The Morgan fingerprint density at radius 3 is 2.26 bits per heavy atom. The highest BCUT2D eigenvalue weighted by molar-refractivity contribution is 14.1. The topological polar surface area (TPSA) is 308 Å². The largest absolute Gasteiger partial charge is 0.492 e. The number of hydrogen-bond donors (Lipinski definition) is 8. The van der Waals surface area contributed by atoms with E-state index in [9.17, 15) is 39.9 Å². The van der Waals surface area contributed by atoms with E-state index in [1.807, 2.05) is 42.7 Å². The van der Waals surface area contributed by atoms with Gasteiger partial charge >= 0.3 is 6.09 Å². The summed E-state index contributed by atoms with van der Waals surface area (Å²) in [5.41, 5.74) is 1.30. The fourth-order valence-electron chi connectivity index (χ4n) is 10.6. The van der Waals surface area contributed by atoms with Gasteiger partial charge in [0.15, 0.2) is 41.8 Å². The molecule has 1 aromatic carbocycles. The van der Waals surface area contributed by atoms with E-state index in [2.05, 4.69) is 39.8 Å². The van der Waals surface area contributed by atoms with E-state index in [-0.39, 0.29) is 77.3 Å². The van der Waals surface area contributed by atoms with Crippen LogP contribution in [0, 0.1) is 34.2 Å². The average molecular weight is 1380 g/mol. The Bertz CT molecular complexity index is 2750. The van der Waals surface area contributed by atoms with Crippen LogP contribution in [0.1, 0.15) is 69.8 Å². The third-order valence-electron chi connectivity index (χ3n) is 14.8. The highest BCUT2D eigenvalue weighted by Gasteiger charge is 2.52. The molecule has 4 aliphatic heterocycles. The molecule has 2 aliphatic carbocycles. The zero-order chi connectivity index (χ0) is 62.0. The highest BCUT2D eigenvalue weighted by atomic mass is 127. The number of halogens is 1. The maximum Gasteiger partial charge on any atom is 0.411 e. The van der Waals surface area contributed by atoms with Crippen LogP contribution in [0.25, 0.3) is 0 Å². The molecule has 6 aliphatic rings. The first-order valence-corrected chi connectivity index (χ1v) is 33.3. The number of amides is 1. The van der Waals surface area contributed by atoms with Crippen LogP contribution in [-0.2, 0) is 52.3 Å². The molecular weight excluding hydrogens is 1310 g/mol. The van der Waals surface area contributed by atoms with Crippen molar-refractivity contribution in [2.24, 2.45) is 0 Å². The number of nitrogens with one attached hydrogen (secondary N) is 3. The molecule has 0 unspecified atom stereocenters. The van der Waals surface area contributed by atoms with E-state index in [1.54, 1.807) is 40.9 Å². The molecule has 24 nitrogen and oxygen atoms in total. The minimum Gasteiger partial charge on any atom is -0.492 e. The van der Waals surface area contributed by atoms with Gasteiger partial charge < -0.3 is 87.7 Å². The first kappa shape index (κ1) is 69.5. The van der Waals surface area contributed by atoms with Gasteiger partial charge in [-0.2, -0.15) is 5.48 Å². The van der Waals surface area contributed by atoms with E-state index >= 15 is 0 Å². The Morgan fingerprint density at radius 2 is 1.60 bits per heavy atom. The second-order valence-corrected chi connectivity index (χ2v) is 27.4. The van der Waals surface area contributed by atoms with Crippen LogP contribution in [-0.4, -0.2) is 218 Å². The first-order chi connectivity index (χ1) is 40.5. The summed E-state index contributed by atoms with van der Waals surface area (Å²) in [4.78, 5) is 47.6. The summed E-state index contributed by atoms with van der Waals surface area (Å²) in [5.74, 6) is 11.3. The van der Waals surface area contributed by atoms with Gasteiger partial charge in [0.05, 0.1) is 97.0 Å². The molecule has 0 spiro atoms. The molecule has 1 aromatic rings. The summed E-state index contributed by atoms with van der Waals surface area (Å²) in [5, 5.41) is 62.8. The van der Waals surface area contributed by atoms with E-state index in [4.69, 9.17) is 61.7 Å².